The number of hydrazine groups is 1. The van der Waals surface area contributed by atoms with Crippen molar-refractivity contribution in [2.45, 2.75) is 13.8 Å². The van der Waals surface area contributed by atoms with Crippen molar-refractivity contribution in [3.8, 4) is 11.5 Å². The van der Waals surface area contributed by atoms with E-state index in [4.69, 9.17) is 9.47 Å². The molecule has 1 aliphatic rings. The lowest BCUT2D eigenvalue weighted by atomic mass is 10.1. The molecule has 0 unspecified atom stereocenters. The highest BCUT2D eigenvalue weighted by atomic mass is 16.7. The van der Waals surface area contributed by atoms with Gasteiger partial charge in [0.1, 0.15) is 0 Å². The molecule has 0 aliphatic carbocycles. The quantitative estimate of drug-likeness (QED) is 0.833. The smallest absolute Gasteiger partial charge is 0.269 e. The van der Waals surface area contributed by atoms with E-state index in [1.807, 2.05) is 19.9 Å². The molecule has 6 heteroatoms. The van der Waals surface area contributed by atoms with Gasteiger partial charge in [-0.2, -0.15) is 0 Å². The Balaban J connectivity index is 1.64. The molecule has 0 radical (unpaired) electrons. The van der Waals surface area contributed by atoms with Crippen molar-refractivity contribution in [3.63, 3.8) is 0 Å². The molecule has 0 saturated carbocycles. The Kier molecular flexibility index (Phi) is 3.89. The molecule has 0 fully saturated rings. The maximum atomic E-state index is 12.1. The largest absolute Gasteiger partial charge is 0.454 e. The van der Waals surface area contributed by atoms with Crippen molar-refractivity contribution in [3.05, 3.63) is 58.7 Å². The number of rotatable bonds is 2. The summed E-state index contributed by atoms with van der Waals surface area (Å²) in [5, 5.41) is 0. The molecular weight excluding hydrogens is 296 g/mol. The summed E-state index contributed by atoms with van der Waals surface area (Å²) in [6.45, 7) is 4.04. The first-order valence-corrected chi connectivity index (χ1v) is 7.12. The van der Waals surface area contributed by atoms with E-state index in [0.717, 1.165) is 11.1 Å². The number of aryl methyl sites for hydroxylation is 2. The molecule has 6 nitrogen and oxygen atoms in total. The van der Waals surface area contributed by atoms with Gasteiger partial charge in [-0.1, -0.05) is 6.07 Å². The number of carbonyl (C=O) groups excluding carboxylic acids is 2. The maximum Gasteiger partial charge on any atom is 0.269 e. The number of nitrogens with one attached hydrogen (secondary N) is 2. The second kappa shape index (κ2) is 6.00. The molecule has 118 valence electrons. The van der Waals surface area contributed by atoms with Crippen LogP contribution in [-0.4, -0.2) is 18.6 Å². The Labute approximate surface area is 133 Å². The van der Waals surface area contributed by atoms with Crippen LogP contribution in [-0.2, 0) is 0 Å². The molecule has 1 heterocycles. The third-order valence-corrected chi connectivity index (χ3v) is 3.69. The molecule has 0 aromatic heterocycles. The van der Waals surface area contributed by atoms with Gasteiger partial charge in [-0.15, -0.1) is 0 Å². The first kappa shape index (κ1) is 14.9. The highest BCUT2D eigenvalue weighted by molar-refractivity contribution is 5.99. The van der Waals surface area contributed by atoms with Crippen LogP contribution >= 0.6 is 0 Å². The van der Waals surface area contributed by atoms with Gasteiger partial charge in [0.2, 0.25) is 6.79 Å². The zero-order valence-corrected chi connectivity index (χ0v) is 12.8. The third kappa shape index (κ3) is 3.11. The fourth-order valence-corrected chi connectivity index (χ4v) is 2.18. The summed E-state index contributed by atoms with van der Waals surface area (Å²) in [6, 6.07) is 10.2. The minimum Gasteiger partial charge on any atom is -0.454 e. The Morgan fingerprint density at radius 1 is 0.826 bits per heavy atom. The highest BCUT2D eigenvalue weighted by Gasteiger charge is 2.16. The van der Waals surface area contributed by atoms with Crippen molar-refractivity contribution in [2.24, 2.45) is 0 Å². The summed E-state index contributed by atoms with van der Waals surface area (Å²) in [7, 11) is 0. The van der Waals surface area contributed by atoms with E-state index < -0.39 is 5.91 Å². The van der Waals surface area contributed by atoms with Gasteiger partial charge < -0.3 is 9.47 Å². The summed E-state index contributed by atoms with van der Waals surface area (Å²) in [4.78, 5) is 24.1. The SMILES string of the molecule is Cc1ccc(C(=O)NNC(=O)c2ccc3c(c2)OCO3)cc1C. The fourth-order valence-electron chi connectivity index (χ4n) is 2.18. The predicted octanol–water partition coefficient (Wildman–Crippen LogP) is 2.11. The van der Waals surface area contributed by atoms with Gasteiger partial charge in [-0.25, -0.2) is 0 Å². The Hall–Kier alpha value is -3.02. The zero-order chi connectivity index (χ0) is 16.4. The molecule has 0 spiro atoms. The van der Waals surface area contributed by atoms with Crippen LogP contribution in [0.3, 0.4) is 0 Å². The lowest BCUT2D eigenvalue weighted by Crippen LogP contribution is -2.41. The number of hydrogen-bond acceptors (Lipinski definition) is 4. The number of carbonyl (C=O) groups is 2. The molecule has 2 amide bonds. The van der Waals surface area contributed by atoms with Crippen molar-refractivity contribution in [1.82, 2.24) is 10.9 Å². The molecule has 2 N–H and O–H groups in total. The summed E-state index contributed by atoms with van der Waals surface area (Å²) < 4.78 is 10.4. The monoisotopic (exact) mass is 312 g/mol. The summed E-state index contributed by atoms with van der Waals surface area (Å²) in [6.07, 6.45) is 0. The number of benzene rings is 2. The molecule has 0 atom stereocenters. The normalized spacial score (nSPS) is 11.9. The van der Waals surface area contributed by atoms with Crippen molar-refractivity contribution >= 4 is 11.8 Å². The van der Waals surface area contributed by atoms with Gasteiger partial charge in [-0.05, 0) is 55.3 Å². The first-order valence-electron chi connectivity index (χ1n) is 7.12. The fraction of sp³-hybridized carbons (Fsp3) is 0.176. The van der Waals surface area contributed by atoms with E-state index in [0.29, 0.717) is 22.6 Å². The van der Waals surface area contributed by atoms with E-state index in [1.165, 1.54) is 0 Å². The molecule has 0 bridgehead atoms. The van der Waals surface area contributed by atoms with Crippen LogP contribution in [0, 0.1) is 13.8 Å². The Morgan fingerprint density at radius 3 is 2.13 bits per heavy atom. The van der Waals surface area contributed by atoms with E-state index in [1.54, 1.807) is 30.3 Å². The van der Waals surface area contributed by atoms with Crippen molar-refractivity contribution < 1.29 is 19.1 Å². The second-order valence-electron chi connectivity index (χ2n) is 5.28. The van der Waals surface area contributed by atoms with Gasteiger partial charge in [0.15, 0.2) is 11.5 Å². The number of fused-ring (bicyclic) bond motifs is 1. The number of ether oxygens (including phenoxy) is 2. The minimum absolute atomic E-state index is 0.143. The third-order valence-electron chi connectivity index (χ3n) is 3.69. The van der Waals surface area contributed by atoms with Gasteiger partial charge in [-0.3, -0.25) is 20.4 Å². The summed E-state index contributed by atoms with van der Waals surface area (Å²) in [5.41, 5.74) is 7.76. The molecule has 1 aliphatic heterocycles. The molecule has 3 rings (SSSR count). The van der Waals surface area contributed by atoms with Crippen molar-refractivity contribution in [1.29, 1.82) is 0 Å². The Bertz CT molecular complexity index is 786. The zero-order valence-electron chi connectivity index (χ0n) is 12.8. The number of hydrogen-bond donors (Lipinski definition) is 2. The van der Waals surface area contributed by atoms with Crippen LogP contribution in [0.5, 0.6) is 11.5 Å². The van der Waals surface area contributed by atoms with E-state index >= 15 is 0 Å². The number of amides is 2. The second-order valence-corrected chi connectivity index (χ2v) is 5.28. The molecular formula is C17H16N2O4. The van der Waals surface area contributed by atoms with Crippen LogP contribution < -0.4 is 20.3 Å². The van der Waals surface area contributed by atoms with E-state index in [2.05, 4.69) is 10.9 Å². The van der Waals surface area contributed by atoms with Crippen LogP contribution in [0.25, 0.3) is 0 Å². The topological polar surface area (TPSA) is 76.7 Å². The van der Waals surface area contributed by atoms with E-state index in [9.17, 15) is 9.59 Å². The van der Waals surface area contributed by atoms with Crippen LogP contribution in [0.15, 0.2) is 36.4 Å². The van der Waals surface area contributed by atoms with Gasteiger partial charge in [0.25, 0.3) is 11.8 Å². The summed E-state index contributed by atoms with van der Waals surface area (Å²) in [5.74, 6) is 0.307. The highest BCUT2D eigenvalue weighted by Crippen LogP contribution is 2.32. The molecule has 2 aromatic carbocycles. The van der Waals surface area contributed by atoms with E-state index in [-0.39, 0.29) is 12.7 Å². The summed E-state index contributed by atoms with van der Waals surface area (Å²) >= 11 is 0. The average molecular weight is 312 g/mol. The van der Waals surface area contributed by atoms with Crippen molar-refractivity contribution in [2.75, 3.05) is 6.79 Å². The van der Waals surface area contributed by atoms with Crippen LogP contribution in [0.1, 0.15) is 31.8 Å². The van der Waals surface area contributed by atoms with Gasteiger partial charge in [0.05, 0.1) is 0 Å². The predicted molar refractivity (Wildman–Crippen MR) is 83.4 cm³/mol. The lowest BCUT2D eigenvalue weighted by molar-refractivity contribution is 0.0846. The van der Waals surface area contributed by atoms with Gasteiger partial charge in [0, 0.05) is 11.1 Å². The van der Waals surface area contributed by atoms with Gasteiger partial charge >= 0.3 is 0 Å². The van der Waals surface area contributed by atoms with Crippen LogP contribution in [0.2, 0.25) is 0 Å². The average Bonchev–Trinajstić information content (AvgIpc) is 3.02. The minimum atomic E-state index is -0.430. The Morgan fingerprint density at radius 2 is 1.43 bits per heavy atom. The first-order chi connectivity index (χ1) is 11.0. The van der Waals surface area contributed by atoms with Crippen LogP contribution in [0.4, 0.5) is 0 Å². The lowest BCUT2D eigenvalue weighted by Gasteiger charge is -2.09. The molecule has 0 saturated heterocycles. The standard InChI is InChI=1S/C17H16N2O4/c1-10-3-4-12(7-11(10)2)16(20)18-19-17(21)13-5-6-14-15(8-13)23-9-22-14/h3-8H,9H2,1-2H3,(H,18,20)(H,19,21). The molecule has 2 aromatic rings. The maximum absolute atomic E-state index is 12.1. The molecule has 23 heavy (non-hydrogen) atoms.